The van der Waals surface area contributed by atoms with Gasteiger partial charge in [-0.2, -0.15) is 0 Å². The summed E-state index contributed by atoms with van der Waals surface area (Å²) in [6.45, 7) is 0. The molecule has 0 unspecified atom stereocenters. The van der Waals surface area contributed by atoms with Crippen molar-refractivity contribution in [2.24, 2.45) is 14.1 Å². The molecule has 0 bridgehead atoms. The first kappa shape index (κ1) is 13.6. The van der Waals surface area contributed by atoms with Crippen molar-refractivity contribution in [3.63, 3.8) is 0 Å². The van der Waals surface area contributed by atoms with Gasteiger partial charge in [-0.1, -0.05) is 17.3 Å². The Kier molecular flexibility index (Phi) is 3.17. The van der Waals surface area contributed by atoms with Crippen LogP contribution in [0.4, 0.5) is 11.5 Å². The Hall–Kier alpha value is -2.35. The van der Waals surface area contributed by atoms with Crippen molar-refractivity contribution in [3.05, 3.63) is 49.6 Å². The first-order chi connectivity index (χ1) is 10.0. The molecule has 0 aliphatic rings. The van der Waals surface area contributed by atoms with E-state index in [4.69, 9.17) is 4.52 Å². The Morgan fingerprint density at radius 1 is 1.19 bits per heavy atom. The van der Waals surface area contributed by atoms with Crippen molar-refractivity contribution in [1.82, 2.24) is 14.3 Å². The normalized spacial score (nSPS) is 11.0. The Morgan fingerprint density at radius 2 is 1.90 bits per heavy atom. The fourth-order valence-corrected chi connectivity index (χ4v) is 2.43. The third-order valence-corrected chi connectivity index (χ3v) is 3.89. The molecule has 0 spiro atoms. The molecule has 108 valence electrons. The quantitative estimate of drug-likeness (QED) is 0.761. The highest BCUT2D eigenvalue weighted by molar-refractivity contribution is 9.10. The van der Waals surface area contributed by atoms with Crippen molar-refractivity contribution >= 4 is 38.5 Å². The largest absolute Gasteiger partial charge is 0.336 e. The molecule has 2 aromatic heterocycles. The molecule has 7 nitrogen and oxygen atoms in total. The predicted octanol–water partition coefficient (Wildman–Crippen LogP) is 1.73. The molecule has 1 N–H and O–H groups in total. The summed E-state index contributed by atoms with van der Waals surface area (Å²) in [4.78, 5) is 24.1. The maximum atomic E-state index is 12.3. The molecule has 0 aliphatic heterocycles. The van der Waals surface area contributed by atoms with Gasteiger partial charge in [-0.25, -0.2) is 4.79 Å². The number of aromatic nitrogens is 3. The summed E-state index contributed by atoms with van der Waals surface area (Å²) in [5.74, 6) is 0.271. The minimum absolute atomic E-state index is 0.137. The molecular weight excluding hydrogens is 340 g/mol. The maximum Gasteiger partial charge on any atom is 0.333 e. The molecule has 2 heterocycles. The molecule has 3 aromatic rings. The molecule has 0 atom stereocenters. The van der Waals surface area contributed by atoms with Gasteiger partial charge in [-0.15, -0.1) is 0 Å². The predicted molar refractivity (Wildman–Crippen MR) is 81.9 cm³/mol. The van der Waals surface area contributed by atoms with Crippen LogP contribution in [0, 0.1) is 0 Å². The van der Waals surface area contributed by atoms with Crippen LogP contribution >= 0.6 is 15.9 Å². The number of aryl methyl sites for hydroxylation is 1. The smallest absolute Gasteiger partial charge is 0.333 e. The van der Waals surface area contributed by atoms with E-state index >= 15 is 0 Å². The molecule has 1 aromatic carbocycles. The number of benzene rings is 1. The van der Waals surface area contributed by atoms with Crippen LogP contribution in [0.3, 0.4) is 0 Å². The van der Waals surface area contributed by atoms with E-state index in [1.165, 1.54) is 18.7 Å². The first-order valence-corrected chi connectivity index (χ1v) is 6.87. The first-order valence-electron chi connectivity index (χ1n) is 6.07. The summed E-state index contributed by atoms with van der Waals surface area (Å²) >= 11 is 3.41. The Morgan fingerprint density at radius 3 is 2.62 bits per heavy atom. The highest BCUT2D eigenvalue weighted by Gasteiger charge is 2.18. The van der Waals surface area contributed by atoms with E-state index in [9.17, 15) is 9.59 Å². The number of para-hydroxylation sites is 1. The Balaban J connectivity index is 2.24. The molecule has 3 rings (SSSR count). The average Bonchev–Trinajstić information content (AvgIpc) is 2.89. The SMILES string of the molecule is Cn1c(=O)c2c(Nc3ccccc3Br)noc2n(C)c1=O. The summed E-state index contributed by atoms with van der Waals surface area (Å²) < 4.78 is 8.22. The van der Waals surface area contributed by atoms with Crippen LogP contribution in [0.2, 0.25) is 0 Å². The number of hydrogen-bond donors (Lipinski definition) is 1. The minimum Gasteiger partial charge on any atom is -0.336 e. The van der Waals surface area contributed by atoms with Crippen LogP contribution in [-0.2, 0) is 14.1 Å². The van der Waals surface area contributed by atoms with Gasteiger partial charge in [0.15, 0.2) is 5.82 Å². The second kappa shape index (κ2) is 4.88. The number of nitrogens with one attached hydrogen (secondary N) is 1. The van der Waals surface area contributed by atoms with Gasteiger partial charge in [0.05, 0.1) is 5.69 Å². The molecular formula is C13H11BrN4O3. The fraction of sp³-hybridized carbons (Fsp3) is 0.154. The van der Waals surface area contributed by atoms with Crippen LogP contribution in [0.1, 0.15) is 0 Å². The van der Waals surface area contributed by atoms with Gasteiger partial charge in [0.2, 0.25) is 5.71 Å². The minimum atomic E-state index is -0.462. The fourth-order valence-electron chi connectivity index (χ4n) is 2.05. The number of anilines is 2. The zero-order valence-corrected chi connectivity index (χ0v) is 12.8. The summed E-state index contributed by atoms with van der Waals surface area (Å²) in [5, 5.41) is 7.12. The Labute approximate surface area is 126 Å². The van der Waals surface area contributed by atoms with E-state index < -0.39 is 11.2 Å². The summed E-state index contributed by atoms with van der Waals surface area (Å²) in [6.07, 6.45) is 0. The molecule has 21 heavy (non-hydrogen) atoms. The second-order valence-electron chi connectivity index (χ2n) is 4.52. The number of halogens is 1. The monoisotopic (exact) mass is 350 g/mol. The van der Waals surface area contributed by atoms with Gasteiger partial charge in [-0.05, 0) is 28.1 Å². The molecule has 0 amide bonds. The number of nitrogens with zero attached hydrogens (tertiary/aromatic N) is 3. The molecule has 0 saturated carbocycles. The van der Waals surface area contributed by atoms with E-state index in [-0.39, 0.29) is 16.9 Å². The third-order valence-electron chi connectivity index (χ3n) is 3.20. The topological polar surface area (TPSA) is 82.1 Å². The van der Waals surface area contributed by atoms with Crippen LogP contribution in [0.5, 0.6) is 0 Å². The molecule has 0 aliphatic carbocycles. The molecule has 8 heteroatoms. The summed E-state index contributed by atoms with van der Waals surface area (Å²) in [7, 11) is 2.94. The van der Waals surface area contributed by atoms with Gasteiger partial charge in [-0.3, -0.25) is 13.9 Å². The van der Waals surface area contributed by atoms with E-state index in [1.807, 2.05) is 24.3 Å². The summed E-state index contributed by atoms with van der Waals surface area (Å²) in [5.41, 5.74) is -0.0405. The lowest BCUT2D eigenvalue weighted by atomic mass is 10.3. The van der Waals surface area contributed by atoms with E-state index in [2.05, 4.69) is 26.4 Å². The van der Waals surface area contributed by atoms with E-state index in [0.717, 1.165) is 14.7 Å². The van der Waals surface area contributed by atoms with Crippen molar-refractivity contribution in [3.8, 4) is 0 Å². The van der Waals surface area contributed by atoms with Gasteiger partial charge in [0, 0.05) is 18.6 Å². The Bertz CT molecular complexity index is 954. The lowest BCUT2D eigenvalue weighted by molar-refractivity contribution is 0.437. The summed E-state index contributed by atoms with van der Waals surface area (Å²) in [6, 6.07) is 7.41. The highest BCUT2D eigenvalue weighted by atomic mass is 79.9. The van der Waals surface area contributed by atoms with Gasteiger partial charge in [0.25, 0.3) is 5.56 Å². The average molecular weight is 351 g/mol. The second-order valence-corrected chi connectivity index (χ2v) is 5.38. The number of rotatable bonds is 2. The van der Waals surface area contributed by atoms with E-state index in [1.54, 1.807) is 0 Å². The van der Waals surface area contributed by atoms with Crippen LogP contribution in [0.25, 0.3) is 11.1 Å². The van der Waals surface area contributed by atoms with E-state index in [0.29, 0.717) is 0 Å². The number of fused-ring (bicyclic) bond motifs is 1. The van der Waals surface area contributed by atoms with Gasteiger partial charge in [0.1, 0.15) is 5.39 Å². The van der Waals surface area contributed by atoms with Gasteiger partial charge < -0.3 is 9.84 Å². The van der Waals surface area contributed by atoms with Crippen molar-refractivity contribution in [2.45, 2.75) is 0 Å². The zero-order valence-electron chi connectivity index (χ0n) is 11.3. The van der Waals surface area contributed by atoms with Crippen molar-refractivity contribution < 1.29 is 4.52 Å². The standard InChI is InChI=1S/C13H11BrN4O3/c1-17-11(19)9-10(15-8-6-4-3-5-7(8)14)16-21-12(9)18(2)13(17)20/h3-6H,1-2H3,(H,15,16). The molecule has 0 fully saturated rings. The highest BCUT2D eigenvalue weighted by Crippen LogP contribution is 2.27. The van der Waals surface area contributed by atoms with Crippen LogP contribution < -0.4 is 16.6 Å². The van der Waals surface area contributed by atoms with Crippen molar-refractivity contribution in [2.75, 3.05) is 5.32 Å². The number of hydrogen-bond acceptors (Lipinski definition) is 5. The lowest BCUT2D eigenvalue weighted by Crippen LogP contribution is -2.36. The zero-order chi connectivity index (χ0) is 15.1. The molecule has 0 radical (unpaired) electrons. The van der Waals surface area contributed by atoms with Crippen LogP contribution in [-0.4, -0.2) is 14.3 Å². The van der Waals surface area contributed by atoms with Crippen molar-refractivity contribution in [1.29, 1.82) is 0 Å². The third kappa shape index (κ3) is 2.07. The van der Waals surface area contributed by atoms with Crippen LogP contribution in [0.15, 0.2) is 42.9 Å². The maximum absolute atomic E-state index is 12.3. The lowest BCUT2D eigenvalue weighted by Gasteiger charge is -2.05. The molecule has 0 saturated heterocycles. The van der Waals surface area contributed by atoms with Gasteiger partial charge >= 0.3 is 5.69 Å².